The normalized spacial score (nSPS) is 14.0. The molecule has 1 aliphatic rings. The molecule has 26 heavy (non-hydrogen) atoms. The van der Waals surface area contributed by atoms with E-state index in [1.54, 1.807) is 18.2 Å². The predicted molar refractivity (Wildman–Crippen MR) is 95.2 cm³/mol. The highest BCUT2D eigenvalue weighted by Gasteiger charge is 2.20. The molecular formula is C19H19FN2O4. The number of methoxy groups -OCH3 is 1. The third-order valence-electron chi connectivity index (χ3n) is 4.10. The summed E-state index contributed by atoms with van der Waals surface area (Å²) in [7, 11) is 1.31. The minimum atomic E-state index is -0.492. The molecule has 0 unspecified atom stereocenters. The molecule has 6 nitrogen and oxygen atoms in total. The van der Waals surface area contributed by atoms with Gasteiger partial charge in [-0.25, -0.2) is 9.18 Å². The number of esters is 1. The molecule has 1 amide bonds. The number of hydrogen-bond donors (Lipinski definition) is 1. The number of nitrogens with one attached hydrogen (secondary N) is 1. The number of hydrogen-bond acceptors (Lipinski definition) is 5. The number of benzene rings is 2. The van der Waals surface area contributed by atoms with Gasteiger partial charge in [0.1, 0.15) is 5.82 Å². The van der Waals surface area contributed by atoms with E-state index in [1.807, 2.05) is 4.90 Å². The lowest BCUT2D eigenvalue weighted by Crippen LogP contribution is -2.37. The molecule has 7 heteroatoms. The van der Waals surface area contributed by atoms with E-state index in [-0.39, 0.29) is 5.56 Å². The molecule has 1 heterocycles. The van der Waals surface area contributed by atoms with Crippen molar-refractivity contribution in [1.29, 1.82) is 0 Å². The maximum absolute atomic E-state index is 13.3. The summed E-state index contributed by atoms with van der Waals surface area (Å²) in [6.45, 7) is 2.50. The fraction of sp³-hybridized carbons (Fsp3) is 0.263. The van der Waals surface area contributed by atoms with Gasteiger partial charge in [0.05, 0.1) is 31.6 Å². The van der Waals surface area contributed by atoms with Gasteiger partial charge >= 0.3 is 5.97 Å². The SMILES string of the molecule is COC(=O)c1cc(NC(=O)c2cccc(F)c2)ccc1N1CCOCC1. The van der Waals surface area contributed by atoms with Crippen molar-refractivity contribution in [2.75, 3.05) is 43.6 Å². The molecule has 1 aliphatic heterocycles. The predicted octanol–water partition coefficient (Wildman–Crippen LogP) is 2.70. The van der Waals surface area contributed by atoms with E-state index in [0.717, 1.165) is 11.8 Å². The number of carbonyl (C=O) groups is 2. The third-order valence-corrected chi connectivity index (χ3v) is 4.10. The van der Waals surface area contributed by atoms with Crippen LogP contribution < -0.4 is 10.2 Å². The van der Waals surface area contributed by atoms with Crippen molar-refractivity contribution >= 4 is 23.3 Å². The maximum Gasteiger partial charge on any atom is 0.340 e. The van der Waals surface area contributed by atoms with E-state index in [4.69, 9.17) is 9.47 Å². The number of nitrogens with zero attached hydrogens (tertiary/aromatic N) is 1. The minimum absolute atomic E-state index is 0.196. The maximum atomic E-state index is 13.3. The summed E-state index contributed by atoms with van der Waals surface area (Å²) in [5.74, 6) is -1.44. The molecule has 0 spiro atoms. The zero-order valence-electron chi connectivity index (χ0n) is 14.3. The number of anilines is 2. The Morgan fingerprint density at radius 2 is 1.92 bits per heavy atom. The molecule has 0 radical (unpaired) electrons. The Bertz CT molecular complexity index is 819. The van der Waals surface area contributed by atoms with E-state index in [0.29, 0.717) is 37.6 Å². The summed E-state index contributed by atoms with van der Waals surface area (Å²) in [6, 6.07) is 10.4. The van der Waals surface area contributed by atoms with Gasteiger partial charge in [-0.1, -0.05) is 6.07 Å². The van der Waals surface area contributed by atoms with Crippen molar-refractivity contribution in [2.24, 2.45) is 0 Å². The van der Waals surface area contributed by atoms with Gasteiger partial charge in [0.2, 0.25) is 0 Å². The first-order valence-corrected chi connectivity index (χ1v) is 8.20. The van der Waals surface area contributed by atoms with E-state index < -0.39 is 17.7 Å². The van der Waals surface area contributed by atoms with Crippen molar-refractivity contribution in [3.05, 3.63) is 59.4 Å². The largest absolute Gasteiger partial charge is 0.465 e. The number of carbonyl (C=O) groups excluding carboxylic acids is 2. The summed E-state index contributed by atoms with van der Waals surface area (Å²) in [6.07, 6.45) is 0. The van der Waals surface area contributed by atoms with Crippen LogP contribution in [0.25, 0.3) is 0 Å². The molecule has 1 N–H and O–H groups in total. The van der Waals surface area contributed by atoms with E-state index >= 15 is 0 Å². The Kier molecular flexibility index (Phi) is 5.48. The highest BCUT2D eigenvalue weighted by atomic mass is 19.1. The zero-order valence-corrected chi connectivity index (χ0v) is 14.3. The first-order valence-electron chi connectivity index (χ1n) is 8.20. The van der Waals surface area contributed by atoms with E-state index in [1.165, 1.54) is 25.3 Å². The third kappa shape index (κ3) is 4.00. The average molecular weight is 358 g/mol. The lowest BCUT2D eigenvalue weighted by atomic mass is 10.1. The Morgan fingerprint density at radius 3 is 2.62 bits per heavy atom. The minimum Gasteiger partial charge on any atom is -0.465 e. The number of morpholine rings is 1. The van der Waals surface area contributed by atoms with Gasteiger partial charge in [-0.05, 0) is 36.4 Å². The average Bonchev–Trinajstić information content (AvgIpc) is 2.68. The second-order valence-corrected chi connectivity index (χ2v) is 5.79. The Labute approximate surface area is 150 Å². The molecule has 0 aromatic heterocycles. The van der Waals surface area contributed by atoms with Gasteiger partial charge in [0, 0.05) is 24.3 Å². The second kappa shape index (κ2) is 7.97. The van der Waals surface area contributed by atoms with Crippen LogP contribution in [0.4, 0.5) is 15.8 Å². The molecule has 2 aromatic rings. The van der Waals surface area contributed by atoms with Crippen molar-refractivity contribution in [2.45, 2.75) is 0 Å². The lowest BCUT2D eigenvalue weighted by molar-refractivity contribution is 0.0600. The first-order chi connectivity index (χ1) is 12.6. The topological polar surface area (TPSA) is 67.9 Å². The Hall–Kier alpha value is -2.93. The summed E-state index contributed by atoms with van der Waals surface area (Å²) < 4.78 is 23.5. The van der Waals surface area contributed by atoms with Gasteiger partial charge in [-0.15, -0.1) is 0 Å². The molecule has 0 atom stereocenters. The highest BCUT2D eigenvalue weighted by Crippen LogP contribution is 2.26. The zero-order chi connectivity index (χ0) is 18.5. The molecule has 1 fully saturated rings. The number of halogens is 1. The van der Waals surface area contributed by atoms with E-state index in [2.05, 4.69) is 5.32 Å². The van der Waals surface area contributed by atoms with Crippen LogP contribution in [0, 0.1) is 5.82 Å². The fourth-order valence-electron chi connectivity index (χ4n) is 2.80. The van der Waals surface area contributed by atoms with Gasteiger partial charge in [-0.2, -0.15) is 0 Å². The fourth-order valence-corrected chi connectivity index (χ4v) is 2.80. The molecule has 2 aromatic carbocycles. The smallest absolute Gasteiger partial charge is 0.340 e. The molecule has 0 bridgehead atoms. The lowest BCUT2D eigenvalue weighted by Gasteiger charge is -2.30. The van der Waals surface area contributed by atoms with Crippen LogP contribution in [-0.2, 0) is 9.47 Å². The van der Waals surface area contributed by atoms with Gasteiger partial charge in [0.15, 0.2) is 0 Å². The Morgan fingerprint density at radius 1 is 1.15 bits per heavy atom. The van der Waals surface area contributed by atoms with Crippen LogP contribution in [0.15, 0.2) is 42.5 Å². The van der Waals surface area contributed by atoms with Crippen molar-refractivity contribution in [1.82, 2.24) is 0 Å². The number of rotatable bonds is 4. The second-order valence-electron chi connectivity index (χ2n) is 5.79. The highest BCUT2D eigenvalue weighted by molar-refractivity contribution is 6.05. The van der Waals surface area contributed by atoms with Gasteiger partial charge < -0.3 is 19.7 Å². The quantitative estimate of drug-likeness (QED) is 0.851. The molecular weight excluding hydrogens is 339 g/mol. The molecule has 0 aliphatic carbocycles. The standard InChI is InChI=1S/C19H19FN2O4/c1-25-19(24)16-12-15(5-6-17(16)22-7-9-26-10-8-22)21-18(23)13-3-2-4-14(20)11-13/h2-6,11-12H,7-10H2,1H3,(H,21,23). The summed E-state index contributed by atoms with van der Waals surface area (Å²) >= 11 is 0. The van der Waals surface area contributed by atoms with Crippen LogP contribution in [0.3, 0.4) is 0 Å². The number of ether oxygens (including phenoxy) is 2. The van der Waals surface area contributed by atoms with E-state index in [9.17, 15) is 14.0 Å². The van der Waals surface area contributed by atoms with Gasteiger partial charge in [0.25, 0.3) is 5.91 Å². The summed E-state index contributed by atoms with van der Waals surface area (Å²) in [4.78, 5) is 26.5. The molecule has 0 saturated carbocycles. The van der Waals surface area contributed by atoms with Gasteiger partial charge in [-0.3, -0.25) is 4.79 Å². The molecule has 1 saturated heterocycles. The molecule has 3 rings (SSSR count). The van der Waals surface area contributed by atoms with Crippen molar-refractivity contribution in [3.8, 4) is 0 Å². The van der Waals surface area contributed by atoms with Crippen LogP contribution in [0.5, 0.6) is 0 Å². The summed E-state index contributed by atoms with van der Waals surface area (Å²) in [5, 5.41) is 2.68. The monoisotopic (exact) mass is 358 g/mol. The first kappa shape index (κ1) is 17.9. The number of amides is 1. The van der Waals surface area contributed by atoms with Crippen LogP contribution in [0.2, 0.25) is 0 Å². The summed E-state index contributed by atoms with van der Waals surface area (Å²) in [5.41, 5.74) is 1.70. The van der Waals surface area contributed by atoms with Crippen molar-refractivity contribution < 1.29 is 23.5 Å². The Balaban J connectivity index is 1.86. The molecule has 136 valence electrons. The van der Waals surface area contributed by atoms with Crippen LogP contribution >= 0.6 is 0 Å². The van der Waals surface area contributed by atoms with Crippen LogP contribution in [-0.4, -0.2) is 45.3 Å². The van der Waals surface area contributed by atoms with Crippen molar-refractivity contribution in [3.63, 3.8) is 0 Å². The van der Waals surface area contributed by atoms with Crippen LogP contribution in [0.1, 0.15) is 20.7 Å².